The molecule has 3 rings (SSSR count). The zero-order valence-electron chi connectivity index (χ0n) is 17.7. The van der Waals surface area contributed by atoms with Crippen molar-refractivity contribution in [1.82, 2.24) is 5.06 Å². The molecule has 1 aliphatic rings. The van der Waals surface area contributed by atoms with E-state index in [1.54, 1.807) is 0 Å². The highest BCUT2D eigenvalue weighted by Crippen LogP contribution is 2.55. The smallest absolute Gasteiger partial charge is 0.266 e. The first-order valence-corrected chi connectivity index (χ1v) is 11.7. The largest absolute Gasteiger partial charge is 0.460 e. The van der Waals surface area contributed by atoms with E-state index in [1.165, 1.54) is 30.0 Å². The number of imide groups is 1. The summed E-state index contributed by atoms with van der Waals surface area (Å²) in [5.41, 5.74) is -1.03. The first-order valence-electron chi connectivity index (χ1n) is 9.44. The molecule has 0 bridgehead atoms. The summed E-state index contributed by atoms with van der Waals surface area (Å²) in [6, 6.07) is 6.10. The van der Waals surface area contributed by atoms with Crippen LogP contribution in [0.3, 0.4) is 0 Å². The molecule has 0 unspecified atom stereocenters. The SMILES string of the molecule is CC(C)Sc1ccc2c3c(cccc13)C(=O)N(OS(=O)(=O)C(F)(F)C(F)(F)C(F)(F)C(F)(F)F)C2=O. The summed E-state index contributed by atoms with van der Waals surface area (Å²) in [5.74, 6) is -18.7. The second-order valence-electron chi connectivity index (χ2n) is 7.60. The highest BCUT2D eigenvalue weighted by Gasteiger charge is 2.86. The first kappa shape index (κ1) is 28.0. The van der Waals surface area contributed by atoms with E-state index >= 15 is 0 Å². The van der Waals surface area contributed by atoms with Gasteiger partial charge in [0, 0.05) is 15.5 Å². The van der Waals surface area contributed by atoms with Crippen molar-refractivity contribution in [3.63, 3.8) is 0 Å². The summed E-state index contributed by atoms with van der Waals surface area (Å²) < 4.78 is 146. The minimum atomic E-state index is -7.60. The normalized spacial score (nSPS) is 15.8. The van der Waals surface area contributed by atoms with E-state index < -0.39 is 61.4 Å². The van der Waals surface area contributed by atoms with Crippen LogP contribution in [0.2, 0.25) is 0 Å². The van der Waals surface area contributed by atoms with E-state index in [1.807, 2.05) is 13.8 Å². The molecule has 1 heterocycles. The van der Waals surface area contributed by atoms with E-state index in [4.69, 9.17) is 0 Å². The van der Waals surface area contributed by atoms with Gasteiger partial charge in [-0.3, -0.25) is 9.59 Å². The number of rotatable bonds is 7. The molecule has 0 saturated carbocycles. The lowest BCUT2D eigenvalue weighted by Crippen LogP contribution is -2.64. The van der Waals surface area contributed by atoms with Crippen LogP contribution in [0.4, 0.5) is 39.5 Å². The number of halogens is 9. The number of nitrogens with zero attached hydrogens (tertiary/aromatic N) is 1. The predicted octanol–water partition coefficient (Wildman–Crippen LogP) is 5.62. The highest BCUT2D eigenvalue weighted by molar-refractivity contribution is 8.00. The van der Waals surface area contributed by atoms with Crippen LogP contribution in [0.5, 0.6) is 0 Å². The van der Waals surface area contributed by atoms with Gasteiger partial charge in [0.25, 0.3) is 11.8 Å². The van der Waals surface area contributed by atoms with Crippen LogP contribution in [0.1, 0.15) is 34.6 Å². The van der Waals surface area contributed by atoms with E-state index in [0.717, 1.165) is 12.1 Å². The Labute approximate surface area is 200 Å². The van der Waals surface area contributed by atoms with Gasteiger partial charge in [0.1, 0.15) is 0 Å². The third kappa shape index (κ3) is 4.00. The predicted molar refractivity (Wildman–Crippen MR) is 106 cm³/mol. The summed E-state index contributed by atoms with van der Waals surface area (Å²) in [5, 5.41) is -7.92. The fourth-order valence-electron chi connectivity index (χ4n) is 3.13. The average Bonchev–Trinajstić information content (AvgIpc) is 2.74. The van der Waals surface area contributed by atoms with Crippen molar-refractivity contribution in [3.8, 4) is 0 Å². The Kier molecular flexibility index (Phi) is 6.63. The second-order valence-corrected chi connectivity index (χ2v) is 10.8. The molecule has 2 aromatic carbocycles. The molecule has 1 aliphatic heterocycles. The summed E-state index contributed by atoms with van der Waals surface area (Å²) in [7, 11) is -7.51. The third-order valence-corrected chi connectivity index (χ3v) is 7.11. The molecule has 0 aromatic heterocycles. The fourth-order valence-corrected chi connectivity index (χ4v) is 4.95. The van der Waals surface area contributed by atoms with Crippen molar-refractivity contribution < 1.29 is 61.8 Å². The zero-order chi connectivity index (χ0) is 27.6. The number of amides is 2. The molecule has 0 atom stereocenters. The minimum Gasteiger partial charge on any atom is -0.266 e. The molecule has 0 spiro atoms. The number of alkyl halides is 9. The minimum absolute atomic E-state index is 0.0146. The number of carbonyl (C=O) groups excluding carboxylic acids is 2. The van der Waals surface area contributed by atoms with Crippen LogP contribution in [0.15, 0.2) is 35.2 Å². The summed E-state index contributed by atoms with van der Waals surface area (Å²) >= 11 is 1.29. The van der Waals surface area contributed by atoms with Crippen molar-refractivity contribution in [2.75, 3.05) is 0 Å². The number of benzene rings is 2. The Balaban J connectivity index is 2.08. The zero-order valence-corrected chi connectivity index (χ0v) is 19.3. The lowest BCUT2D eigenvalue weighted by Gasteiger charge is -2.33. The van der Waals surface area contributed by atoms with Gasteiger partial charge in [0.15, 0.2) is 0 Å². The molecule has 36 heavy (non-hydrogen) atoms. The van der Waals surface area contributed by atoms with Crippen LogP contribution in [-0.2, 0) is 14.4 Å². The number of hydrogen-bond donors (Lipinski definition) is 0. The molecule has 6 nitrogen and oxygen atoms in total. The maximum atomic E-state index is 14.0. The van der Waals surface area contributed by atoms with Crippen molar-refractivity contribution in [2.24, 2.45) is 0 Å². The van der Waals surface area contributed by atoms with Crippen LogP contribution in [0, 0.1) is 0 Å². The molecule has 0 radical (unpaired) electrons. The van der Waals surface area contributed by atoms with Gasteiger partial charge >= 0.3 is 33.4 Å². The van der Waals surface area contributed by atoms with Crippen LogP contribution >= 0.6 is 11.8 Å². The average molecular weight is 569 g/mol. The molecule has 0 aliphatic carbocycles. The van der Waals surface area contributed by atoms with Crippen molar-refractivity contribution >= 4 is 44.5 Å². The lowest BCUT2D eigenvalue weighted by atomic mass is 9.95. The third-order valence-electron chi connectivity index (χ3n) is 4.80. The summed E-state index contributed by atoms with van der Waals surface area (Å²) in [4.78, 5) is 26.0. The Morgan fingerprint density at radius 2 is 1.36 bits per heavy atom. The molecule has 0 saturated heterocycles. The Bertz CT molecular complexity index is 1330. The van der Waals surface area contributed by atoms with Crippen LogP contribution in [0.25, 0.3) is 10.8 Å². The molecule has 2 amide bonds. The van der Waals surface area contributed by atoms with Gasteiger partial charge in [-0.25, -0.2) is 0 Å². The van der Waals surface area contributed by atoms with Crippen molar-refractivity contribution in [3.05, 3.63) is 41.5 Å². The molecule has 0 N–H and O–H groups in total. The van der Waals surface area contributed by atoms with Gasteiger partial charge in [0.05, 0.1) is 11.1 Å². The topological polar surface area (TPSA) is 80.8 Å². The Morgan fingerprint density at radius 3 is 1.86 bits per heavy atom. The Morgan fingerprint density at radius 1 is 0.833 bits per heavy atom. The number of hydroxylamine groups is 2. The first-order chi connectivity index (χ1) is 16.2. The van der Waals surface area contributed by atoms with Gasteiger partial charge in [-0.1, -0.05) is 26.0 Å². The number of hydrogen-bond acceptors (Lipinski definition) is 6. The van der Waals surface area contributed by atoms with Crippen LogP contribution in [-0.4, -0.2) is 53.8 Å². The number of thioether (sulfide) groups is 1. The van der Waals surface area contributed by atoms with Crippen LogP contribution < -0.4 is 0 Å². The maximum Gasteiger partial charge on any atom is 0.460 e. The Hall–Kier alpha value is -2.53. The quantitative estimate of drug-likeness (QED) is 0.245. The standard InChI is InChI=1S/C19H12F9NO5S2/c1-8(2)35-12-7-6-11-13-9(12)4-3-5-10(13)14(30)29(15(11)31)34-36(32,33)19(27,28)17(22,23)16(20,21)18(24,25)26/h3-8H,1-2H3. The molecule has 17 heteroatoms. The van der Waals surface area contributed by atoms with E-state index in [2.05, 4.69) is 4.28 Å². The van der Waals surface area contributed by atoms with Gasteiger partial charge in [-0.2, -0.15) is 47.9 Å². The monoisotopic (exact) mass is 569 g/mol. The highest BCUT2D eigenvalue weighted by atomic mass is 32.2. The van der Waals surface area contributed by atoms with Gasteiger partial charge < -0.3 is 0 Å². The van der Waals surface area contributed by atoms with Crippen molar-refractivity contribution in [2.45, 2.75) is 47.3 Å². The molecule has 198 valence electrons. The number of carbonyl (C=O) groups is 2. The molecule has 0 fully saturated rings. The van der Waals surface area contributed by atoms with Gasteiger partial charge in [-0.05, 0) is 23.6 Å². The van der Waals surface area contributed by atoms with Gasteiger partial charge in [-0.15, -0.1) is 21.1 Å². The van der Waals surface area contributed by atoms with E-state index in [0.29, 0.717) is 10.3 Å². The van der Waals surface area contributed by atoms with Gasteiger partial charge in [0.2, 0.25) is 0 Å². The molecular weight excluding hydrogens is 557 g/mol. The molecular formula is C19H12F9NO5S2. The van der Waals surface area contributed by atoms with E-state index in [-0.39, 0.29) is 10.6 Å². The fraction of sp³-hybridized carbons (Fsp3) is 0.368. The van der Waals surface area contributed by atoms with Crippen molar-refractivity contribution in [1.29, 1.82) is 0 Å². The second kappa shape index (κ2) is 8.51. The molecule has 2 aromatic rings. The summed E-state index contributed by atoms with van der Waals surface area (Å²) in [6.07, 6.45) is -7.30. The lowest BCUT2D eigenvalue weighted by molar-refractivity contribution is -0.383. The summed E-state index contributed by atoms with van der Waals surface area (Å²) in [6.45, 7) is 3.63. The van der Waals surface area contributed by atoms with E-state index in [9.17, 15) is 57.5 Å². The maximum absolute atomic E-state index is 14.0.